The Hall–Kier alpha value is -0.970. The standard InChI is InChI=1S/C12H11ClFNOS/c1-6-11(7(2)16)17-12(15-6)10-8(13)4-3-5-9(10)14/h3-5,7,16H,1-2H3. The highest BCUT2D eigenvalue weighted by Crippen LogP contribution is 2.36. The van der Waals surface area contributed by atoms with Crippen LogP contribution in [0.2, 0.25) is 5.02 Å². The fourth-order valence-electron chi connectivity index (χ4n) is 1.60. The van der Waals surface area contributed by atoms with E-state index in [0.29, 0.717) is 21.3 Å². The normalized spacial score (nSPS) is 12.8. The third-order valence-electron chi connectivity index (χ3n) is 2.39. The van der Waals surface area contributed by atoms with E-state index in [1.54, 1.807) is 26.0 Å². The molecule has 17 heavy (non-hydrogen) atoms. The second-order valence-corrected chi connectivity index (χ2v) is 5.18. The van der Waals surface area contributed by atoms with E-state index >= 15 is 0 Å². The zero-order valence-electron chi connectivity index (χ0n) is 9.37. The smallest absolute Gasteiger partial charge is 0.134 e. The van der Waals surface area contributed by atoms with Gasteiger partial charge in [0, 0.05) is 0 Å². The average Bonchev–Trinajstić information content (AvgIpc) is 2.60. The molecular formula is C12H11ClFNOS. The Kier molecular flexibility index (Phi) is 3.47. The molecule has 2 nitrogen and oxygen atoms in total. The van der Waals surface area contributed by atoms with E-state index in [2.05, 4.69) is 4.98 Å². The van der Waals surface area contributed by atoms with Crippen LogP contribution in [-0.4, -0.2) is 10.1 Å². The molecule has 0 fully saturated rings. The van der Waals surface area contributed by atoms with Crippen molar-refractivity contribution in [1.29, 1.82) is 0 Å². The maximum atomic E-state index is 13.7. The summed E-state index contributed by atoms with van der Waals surface area (Å²) in [6.45, 7) is 3.45. The van der Waals surface area contributed by atoms with E-state index in [9.17, 15) is 9.50 Å². The van der Waals surface area contributed by atoms with Crippen molar-refractivity contribution in [2.75, 3.05) is 0 Å². The van der Waals surface area contributed by atoms with Gasteiger partial charge in [0.25, 0.3) is 0 Å². The molecule has 1 atom stereocenters. The molecule has 0 aliphatic carbocycles. The lowest BCUT2D eigenvalue weighted by atomic mass is 10.2. The summed E-state index contributed by atoms with van der Waals surface area (Å²) in [5.74, 6) is -0.400. The van der Waals surface area contributed by atoms with Crippen molar-refractivity contribution >= 4 is 22.9 Å². The lowest BCUT2D eigenvalue weighted by Gasteiger charge is -2.01. The molecule has 0 saturated heterocycles. The highest BCUT2D eigenvalue weighted by molar-refractivity contribution is 7.15. The monoisotopic (exact) mass is 271 g/mol. The van der Waals surface area contributed by atoms with Crippen LogP contribution < -0.4 is 0 Å². The molecule has 0 spiro atoms. The second kappa shape index (κ2) is 4.72. The zero-order valence-corrected chi connectivity index (χ0v) is 10.9. The summed E-state index contributed by atoms with van der Waals surface area (Å²) in [4.78, 5) is 4.99. The van der Waals surface area contributed by atoms with Crippen molar-refractivity contribution in [2.24, 2.45) is 0 Å². The van der Waals surface area contributed by atoms with Crippen molar-refractivity contribution < 1.29 is 9.50 Å². The van der Waals surface area contributed by atoms with Gasteiger partial charge in [-0.25, -0.2) is 9.37 Å². The fraction of sp³-hybridized carbons (Fsp3) is 0.250. The number of hydrogen-bond acceptors (Lipinski definition) is 3. The first-order valence-electron chi connectivity index (χ1n) is 5.10. The van der Waals surface area contributed by atoms with E-state index < -0.39 is 11.9 Å². The molecule has 2 aromatic rings. The van der Waals surface area contributed by atoms with Gasteiger partial charge in [0.15, 0.2) is 0 Å². The van der Waals surface area contributed by atoms with Crippen LogP contribution >= 0.6 is 22.9 Å². The SMILES string of the molecule is Cc1nc(-c2c(F)cccc2Cl)sc1C(C)O. The van der Waals surface area contributed by atoms with E-state index in [0.717, 1.165) is 4.88 Å². The Morgan fingerprint density at radius 3 is 2.71 bits per heavy atom. The van der Waals surface area contributed by atoms with Crippen molar-refractivity contribution in [1.82, 2.24) is 4.98 Å². The third-order valence-corrected chi connectivity index (χ3v) is 4.05. The van der Waals surface area contributed by atoms with Gasteiger partial charge < -0.3 is 5.11 Å². The molecule has 0 bridgehead atoms. The number of benzene rings is 1. The van der Waals surface area contributed by atoms with Gasteiger partial charge in [-0.05, 0) is 26.0 Å². The molecule has 0 aliphatic rings. The van der Waals surface area contributed by atoms with Gasteiger partial charge in [-0.2, -0.15) is 0 Å². The first-order valence-corrected chi connectivity index (χ1v) is 6.30. The zero-order chi connectivity index (χ0) is 12.6. The van der Waals surface area contributed by atoms with Crippen LogP contribution in [0.5, 0.6) is 0 Å². The Bertz CT molecular complexity index is 533. The molecule has 1 N–H and O–H groups in total. The number of aliphatic hydroxyl groups is 1. The number of aryl methyl sites for hydroxylation is 1. The fourth-order valence-corrected chi connectivity index (χ4v) is 2.98. The molecule has 1 aromatic heterocycles. The van der Waals surface area contributed by atoms with Crippen molar-refractivity contribution in [3.05, 3.63) is 39.6 Å². The summed E-state index contributed by atoms with van der Waals surface area (Å²) < 4.78 is 13.7. The molecule has 0 aliphatic heterocycles. The number of nitrogens with zero attached hydrogens (tertiary/aromatic N) is 1. The summed E-state index contributed by atoms with van der Waals surface area (Å²) in [6, 6.07) is 4.52. The quantitative estimate of drug-likeness (QED) is 0.897. The molecule has 1 unspecified atom stereocenters. The Morgan fingerprint density at radius 2 is 2.18 bits per heavy atom. The van der Waals surface area contributed by atoms with E-state index in [-0.39, 0.29) is 0 Å². The number of aliphatic hydroxyl groups excluding tert-OH is 1. The Morgan fingerprint density at radius 1 is 1.47 bits per heavy atom. The van der Waals surface area contributed by atoms with Crippen LogP contribution in [0.3, 0.4) is 0 Å². The minimum absolute atomic E-state index is 0.300. The Labute approximate surface area is 108 Å². The van der Waals surface area contributed by atoms with Gasteiger partial charge in [0.1, 0.15) is 10.8 Å². The summed E-state index contributed by atoms with van der Waals surface area (Å²) >= 11 is 7.23. The third kappa shape index (κ3) is 2.34. The van der Waals surface area contributed by atoms with E-state index in [4.69, 9.17) is 11.6 Å². The van der Waals surface area contributed by atoms with Crippen molar-refractivity contribution in [3.63, 3.8) is 0 Å². The molecular weight excluding hydrogens is 261 g/mol. The predicted octanol–water partition coefficient (Wildman–Crippen LogP) is 3.96. The topological polar surface area (TPSA) is 33.1 Å². The largest absolute Gasteiger partial charge is 0.388 e. The van der Waals surface area contributed by atoms with Crippen molar-refractivity contribution in [3.8, 4) is 10.6 Å². The van der Waals surface area contributed by atoms with Crippen LogP contribution in [0.15, 0.2) is 18.2 Å². The first kappa shape index (κ1) is 12.5. The highest BCUT2D eigenvalue weighted by atomic mass is 35.5. The van der Waals surface area contributed by atoms with Crippen LogP contribution in [0, 0.1) is 12.7 Å². The number of rotatable bonds is 2. The summed E-state index contributed by atoms with van der Waals surface area (Å²) in [5, 5.41) is 10.4. The molecule has 2 rings (SSSR count). The molecule has 0 amide bonds. The van der Waals surface area contributed by atoms with E-state index in [1.165, 1.54) is 17.4 Å². The Balaban J connectivity index is 2.58. The average molecular weight is 272 g/mol. The first-order chi connectivity index (χ1) is 8.00. The van der Waals surface area contributed by atoms with Gasteiger partial charge in [0.2, 0.25) is 0 Å². The lowest BCUT2D eigenvalue weighted by Crippen LogP contribution is -1.88. The van der Waals surface area contributed by atoms with Crippen molar-refractivity contribution in [2.45, 2.75) is 20.0 Å². The van der Waals surface area contributed by atoms with Gasteiger partial charge in [-0.15, -0.1) is 11.3 Å². The van der Waals surface area contributed by atoms with Crippen LogP contribution in [0.1, 0.15) is 23.6 Å². The molecule has 1 aromatic carbocycles. The number of thiazole rings is 1. The molecule has 5 heteroatoms. The maximum absolute atomic E-state index is 13.7. The van der Waals surface area contributed by atoms with Crippen LogP contribution in [0.4, 0.5) is 4.39 Å². The number of halogens is 2. The van der Waals surface area contributed by atoms with Gasteiger partial charge >= 0.3 is 0 Å². The highest BCUT2D eigenvalue weighted by Gasteiger charge is 2.17. The predicted molar refractivity (Wildman–Crippen MR) is 67.9 cm³/mol. The summed E-state index contributed by atoms with van der Waals surface area (Å²) in [7, 11) is 0. The molecule has 90 valence electrons. The number of aromatic nitrogens is 1. The minimum atomic E-state index is -0.605. The number of hydrogen-bond donors (Lipinski definition) is 1. The minimum Gasteiger partial charge on any atom is -0.388 e. The van der Waals surface area contributed by atoms with Gasteiger partial charge in [-0.1, -0.05) is 17.7 Å². The molecule has 0 saturated carbocycles. The van der Waals surface area contributed by atoms with Crippen LogP contribution in [-0.2, 0) is 0 Å². The summed E-state index contributed by atoms with van der Waals surface area (Å²) in [5.41, 5.74) is 1.01. The second-order valence-electron chi connectivity index (χ2n) is 3.74. The maximum Gasteiger partial charge on any atom is 0.134 e. The molecule has 0 radical (unpaired) electrons. The van der Waals surface area contributed by atoms with Gasteiger partial charge in [-0.3, -0.25) is 0 Å². The van der Waals surface area contributed by atoms with Gasteiger partial charge in [0.05, 0.1) is 27.3 Å². The summed E-state index contributed by atoms with van der Waals surface area (Å²) in [6.07, 6.45) is -0.605. The van der Waals surface area contributed by atoms with Crippen LogP contribution in [0.25, 0.3) is 10.6 Å². The lowest BCUT2D eigenvalue weighted by molar-refractivity contribution is 0.202. The van der Waals surface area contributed by atoms with E-state index in [1.807, 2.05) is 0 Å². The molecule has 1 heterocycles.